The average Bonchev–Trinajstić information content (AvgIpc) is 2.98. The summed E-state index contributed by atoms with van der Waals surface area (Å²) in [6, 6.07) is 9.93. The standard InChI is InChI=1S/C16H11Cl4N5OS/c17-8-4-5-9(11(19)6-8)15-23-24-16(25(15)21)27-7-13(26)22-12-3-1-2-10(18)14(12)20/h1-6H,7,21H2,(H,22,26). The largest absolute Gasteiger partial charge is 0.335 e. The number of amides is 1. The number of carbonyl (C=O) groups is 1. The minimum absolute atomic E-state index is 0.0481. The molecule has 27 heavy (non-hydrogen) atoms. The van der Waals surface area contributed by atoms with Crippen LogP contribution in [-0.4, -0.2) is 26.5 Å². The fourth-order valence-electron chi connectivity index (χ4n) is 2.15. The van der Waals surface area contributed by atoms with Crippen LogP contribution in [0.15, 0.2) is 41.6 Å². The van der Waals surface area contributed by atoms with E-state index in [4.69, 9.17) is 52.2 Å². The molecule has 0 unspecified atom stereocenters. The Balaban J connectivity index is 1.69. The molecule has 0 fully saturated rings. The van der Waals surface area contributed by atoms with E-state index >= 15 is 0 Å². The van der Waals surface area contributed by atoms with Crippen molar-refractivity contribution in [3.63, 3.8) is 0 Å². The maximum atomic E-state index is 12.2. The van der Waals surface area contributed by atoms with Gasteiger partial charge in [0.1, 0.15) is 0 Å². The van der Waals surface area contributed by atoms with Crippen molar-refractivity contribution in [2.24, 2.45) is 0 Å². The summed E-state index contributed by atoms with van der Waals surface area (Å²) in [5.41, 5.74) is 1.01. The van der Waals surface area contributed by atoms with E-state index in [-0.39, 0.29) is 16.7 Å². The summed E-state index contributed by atoms with van der Waals surface area (Å²) in [5.74, 6) is 6.15. The van der Waals surface area contributed by atoms with Crippen molar-refractivity contribution < 1.29 is 4.79 Å². The lowest BCUT2D eigenvalue weighted by Gasteiger charge is -2.08. The number of thioether (sulfide) groups is 1. The van der Waals surface area contributed by atoms with Crippen molar-refractivity contribution in [1.29, 1.82) is 0 Å². The van der Waals surface area contributed by atoms with Gasteiger partial charge < -0.3 is 11.2 Å². The third-order valence-electron chi connectivity index (χ3n) is 3.39. The van der Waals surface area contributed by atoms with Crippen LogP contribution in [-0.2, 0) is 4.79 Å². The fourth-order valence-corrected chi connectivity index (χ4v) is 3.64. The van der Waals surface area contributed by atoms with Crippen LogP contribution in [0, 0.1) is 0 Å². The molecule has 0 spiro atoms. The third-order valence-corrected chi connectivity index (χ3v) is 5.70. The molecule has 1 aromatic heterocycles. The number of nitrogens with two attached hydrogens (primary N) is 1. The van der Waals surface area contributed by atoms with Gasteiger partial charge in [-0.2, -0.15) is 0 Å². The lowest BCUT2D eigenvalue weighted by atomic mass is 10.2. The van der Waals surface area contributed by atoms with Gasteiger partial charge in [0, 0.05) is 10.6 Å². The molecule has 3 N–H and O–H groups in total. The predicted molar refractivity (Wildman–Crippen MR) is 111 cm³/mol. The van der Waals surface area contributed by atoms with Gasteiger partial charge in [0.2, 0.25) is 11.1 Å². The molecule has 1 heterocycles. The SMILES string of the molecule is Nn1c(SCC(=O)Nc2cccc(Cl)c2Cl)nnc1-c1ccc(Cl)cc1Cl. The highest BCUT2D eigenvalue weighted by molar-refractivity contribution is 7.99. The first-order chi connectivity index (χ1) is 12.9. The van der Waals surface area contributed by atoms with Crippen LogP contribution in [0.4, 0.5) is 5.69 Å². The Morgan fingerprint density at radius 3 is 2.63 bits per heavy atom. The summed E-state index contributed by atoms with van der Waals surface area (Å²) in [5, 5.41) is 12.6. The number of aromatic nitrogens is 3. The Hall–Kier alpha value is -1.64. The molecule has 3 rings (SSSR count). The minimum atomic E-state index is -0.293. The summed E-state index contributed by atoms with van der Waals surface area (Å²) in [6.07, 6.45) is 0. The number of hydrogen-bond acceptors (Lipinski definition) is 5. The number of hydrogen-bond donors (Lipinski definition) is 2. The lowest BCUT2D eigenvalue weighted by molar-refractivity contribution is -0.113. The molecule has 0 aliphatic heterocycles. The summed E-state index contributed by atoms with van der Waals surface area (Å²) < 4.78 is 1.26. The maximum Gasteiger partial charge on any atom is 0.234 e. The van der Waals surface area contributed by atoms with Crippen molar-refractivity contribution in [1.82, 2.24) is 14.9 Å². The Kier molecular flexibility index (Phi) is 6.39. The first kappa shape index (κ1) is 20.1. The van der Waals surface area contributed by atoms with Crippen LogP contribution in [0.5, 0.6) is 0 Å². The maximum absolute atomic E-state index is 12.2. The second kappa shape index (κ2) is 8.58. The predicted octanol–water partition coefficient (Wildman–Crippen LogP) is 5.00. The highest BCUT2D eigenvalue weighted by Gasteiger charge is 2.16. The van der Waals surface area contributed by atoms with Crippen LogP contribution in [0.1, 0.15) is 0 Å². The molecule has 6 nitrogen and oxygen atoms in total. The number of nitrogen functional groups attached to an aromatic ring is 1. The first-order valence-corrected chi connectivity index (χ1v) is 9.89. The second-order valence-electron chi connectivity index (χ2n) is 5.24. The van der Waals surface area contributed by atoms with Gasteiger partial charge in [-0.1, -0.05) is 64.2 Å². The molecule has 2 aromatic carbocycles. The van der Waals surface area contributed by atoms with Gasteiger partial charge >= 0.3 is 0 Å². The summed E-state index contributed by atoms with van der Waals surface area (Å²) in [6.45, 7) is 0. The Morgan fingerprint density at radius 1 is 1.11 bits per heavy atom. The number of halogens is 4. The molecule has 0 radical (unpaired) electrons. The van der Waals surface area contributed by atoms with Gasteiger partial charge in [0.15, 0.2) is 5.82 Å². The van der Waals surface area contributed by atoms with E-state index in [0.717, 1.165) is 11.8 Å². The normalized spacial score (nSPS) is 10.8. The fraction of sp³-hybridized carbons (Fsp3) is 0.0625. The minimum Gasteiger partial charge on any atom is -0.335 e. The van der Waals surface area contributed by atoms with E-state index in [1.54, 1.807) is 36.4 Å². The van der Waals surface area contributed by atoms with Crippen LogP contribution in [0.25, 0.3) is 11.4 Å². The zero-order chi connectivity index (χ0) is 19.6. The zero-order valence-electron chi connectivity index (χ0n) is 13.4. The molecule has 0 bridgehead atoms. The highest BCUT2D eigenvalue weighted by Crippen LogP contribution is 2.31. The van der Waals surface area contributed by atoms with Crippen LogP contribution in [0.2, 0.25) is 20.1 Å². The topological polar surface area (TPSA) is 85.8 Å². The van der Waals surface area contributed by atoms with Gasteiger partial charge in [0.25, 0.3) is 0 Å². The van der Waals surface area contributed by atoms with E-state index in [9.17, 15) is 4.79 Å². The van der Waals surface area contributed by atoms with Crippen LogP contribution >= 0.6 is 58.2 Å². The van der Waals surface area contributed by atoms with E-state index in [2.05, 4.69) is 15.5 Å². The van der Waals surface area contributed by atoms with Crippen molar-refractivity contribution in [2.75, 3.05) is 16.9 Å². The van der Waals surface area contributed by atoms with Crippen molar-refractivity contribution in [2.45, 2.75) is 5.16 Å². The third kappa shape index (κ3) is 4.62. The first-order valence-electron chi connectivity index (χ1n) is 7.39. The number of nitrogens with zero attached hydrogens (tertiary/aromatic N) is 3. The number of nitrogens with one attached hydrogen (secondary N) is 1. The van der Waals surface area contributed by atoms with E-state index in [1.165, 1.54) is 4.68 Å². The Labute approximate surface area is 178 Å². The lowest BCUT2D eigenvalue weighted by Crippen LogP contribution is -2.16. The number of anilines is 1. The van der Waals surface area contributed by atoms with Gasteiger partial charge in [-0.05, 0) is 30.3 Å². The molecule has 140 valence electrons. The molecule has 0 saturated carbocycles. The average molecular weight is 463 g/mol. The molecule has 0 saturated heterocycles. The monoisotopic (exact) mass is 461 g/mol. The Morgan fingerprint density at radius 2 is 1.89 bits per heavy atom. The zero-order valence-corrected chi connectivity index (χ0v) is 17.3. The number of carbonyl (C=O) groups excluding carboxylic acids is 1. The molecule has 11 heteroatoms. The van der Waals surface area contributed by atoms with Crippen molar-refractivity contribution >= 4 is 69.8 Å². The van der Waals surface area contributed by atoms with Crippen LogP contribution in [0.3, 0.4) is 0 Å². The Bertz CT molecular complexity index is 1010. The molecule has 3 aromatic rings. The molecule has 0 aliphatic rings. The molecular weight excluding hydrogens is 452 g/mol. The van der Waals surface area contributed by atoms with Gasteiger partial charge in [-0.25, -0.2) is 4.68 Å². The molecule has 0 atom stereocenters. The smallest absolute Gasteiger partial charge is 0.234 e. The summed E-state index contributed by atoms with van der Waals surface area (Å²) in [7, 11) is 0. The van der Waals surface area contributed by atoms with E-state index in [0.29, 0.717) is 37.3 Å². The molecular formula is C16H11Cl4N5OS. The quantitative estimate of drug-likeness (QED) is 0.411. The van der Waals surface area contributed by atoms with Gasteiger partial charge in [0.05, 0.1) is 26.5 Å². The van der Waals surface area contributed by atoms with E-state index in [1.807, 2.05) is 0 Å². The van der Waals surface area contributed by atoms with Gasteiger partial charge in [-0.3, -0.25) is 4.79 Å². The van der Waals surface area contributed by atoms with E-state index < -0.39 is 0 Å². The second-order valence-corrected chi connectivity index (χ2v) is 7.81. The van der Waals surface area contributed by atoms with Gasteiger partial charge in [-0.15, -0.1) is 10.2 Å². The molecule has 0 aliphatic carbocycles. The number of rotatable bonds is 5. The van der Waals surface area contributed by atoms with Crippen LogP contribution < -0.4 is 11.2 Å². The highest BCUT2D eigenvalue weighted by atomic mass is 35.5. The summed E-state index contributed by atoms with van der Waals surface area (Å²) >= 11 is 25.2. The summed E-state index contributed by atoms with van der Waals surface area (Å²) in [4.78, 5) is 12.2. The molecule has 1 amide bonds. The van der Waals surface area contributed by atoms with Crippen molar-refractivity contribution in [3.8, 4) is 11.4 Å². The number of benzene rings is 2. The van der Waals surface area contributed by atoms with Crippen molar-refractivity contribution in [3.05, 3.63) is 56.5 Å².